The zero-order valence-corrected chi connectivity index (χ0v) is 24.9. The van der Waals surface area contributed by atoms with Gasteiger partial charge in [-0.3, -0.25) is 14.1 Å². The van der Waals surface area contributed by atoms with Crippen LogP contribution < -0.4 is 20.8 Å². The van der Waals surface area contributed by atoms with Gasteiger partial charge in [-0.1, -0.05) is 41.9 Å². The largest absolute Gasteiger partial charge is 0.495 e. The van der Waals surface area contributed by atoms with Gasteiger partial charge in [-0.25, -0.2) is 23.1 Å². The first kappa shape index (κ1) is 28.2. The van der Waals surface area contributed by atoms with Crippen LogP contribution in [0.3, 0.4) is 0 Å². The van der Waals surface area contributed by atoms with E-state index in [0.717, 1.165) is 6.26 Å². The number of nitrogen functional groups attached to an aromatic ring is 1. The molecule has 3 aromatic carbocycles. The summed E-state index contributed by atoms with van der Waals surface area (Å²) in [6.45, 7) is 1.91. The van der Waals surface area contributed by atoms with E-state index in [4.69, 9.17) is 27.2 Å². The zero-order chi connectivity index (χ0) is 30.5. The van der Waals surface area contributed by atoms with E-state index in [9.17, 15) is 13.2 Å². The number of hydrogen-bond donors (Lipinski definition) is 2. The lowest BCUT2D eigenvalue weighted by Gasteiger charge is -2.21. The van der Waals surface area contributed by atoms with Gasteiger partial charge in [0.2, 0.25) is 10.0 Å². The van der Waals surface area contributed by atoms with Crippen LogP contribution in [0.2, 0.25) is 5.02 Å². The van der Waals surface area contributed by atoms with E-state index in [1.807, 2.05) is 49.4 Å². The van der Waals surface area contributed by atoms with Crippen molar-refractivity contribution in [2.75, 3.05) is 23.8 Å². The SMILES string of the molecule is COc1ccc(-c2nn(C(C)c3cc4cccc(Cl)c4c(=O)n3-c3ccccc3)c3ncnc(N)c23)cc1NS(C)(=O)=O. The number of hydrogen-bond acceptors (Lipinski definition) is 8. The number of benzene rings is 3. The third kappa shape index (κ3) is 5.04. The Labute approximate surface area is 251 Å². The van der Waals surface area contributed by atoms with E-state index in [1.54, 1.807) is 39.6 Å². The van der Waals surface area contributed by atoms with Crippen molar-refractivity contribution in [3.8, 4) is 22.7 Å². The quantitative estimate of drug-likeness (QED) is 0.254. The summed E-state index contributed by atoms with van der Waals surface area (Å²) in [5, 5.41) is 6.85. The van der Waals surface area contributed by atoms with Crippen LogP contribution in [0.15, 0.2) is 83.9 Å². The van der Waals surface area contributed by atoms with Gasteiger partial charge in [-0.15, -0.1) is 0 Å². The molecular formula is C30H26ClN7O4S. The summed E-state index contributed by atoms with van der Waals surface area (Å²) in [6.07, 6.45) is 2.40. The van der Waals surface area contributed by atoms with Gasteiger partial charge in [-0.2, -0.15) is 5.10 Å². The first-order valence-electron chi connectivity index (χ1n) is 13.1. The zero-order valence-electron chi connectivity index (χ0n) is 23.3. The molecule has 0 amide bonds. The van der Waals surface area contributed by atoms with E-state index in [1.165, 1.54) is 13.4 Å². The Morgan fingerprint density at radius 1 is 1.00 bits per heavy atom. The number of fused-ring (bicyclic) bond motifs is 2. The highest BCUT2D eigenvalue weighted by Crippen LogP contribution is 2.37. The summed E-state index contributed by atoms with van der Waals surface area (Å²) in [5.41, 5.74) is 9.04. The molecule has 0 aliphatic heterocycles. The number of pyridine rings is 1. The number of methoxy groups -OCH3 is 1. The fourth-order valence-electron chi connectivity index (χ4n) is 5.22. The monoisotopic (exact) mass is 615 g/mol. The molecule has 1 atom stereocenters. The lowest BCUT2D eigenvalue weighted by molar-refractivity contribution is 0.417. The summed E-state index contributed by atoms with van der Waals surface area (Å²) in [6, 6.07) is 21.0. The van der Waals surface area contributed by atoms with Gasteiger partial charge in [0.15, 0.2) is 5.65 Å². The molecule has 1 unspecified atom stereocenters. The molecule has 3 heterocycles. The third-order valence-corrected chi connectivity index (χ3v) is 8.03. The second-order valence-electron chi connectivity index (χ2n) is 9.97. The normalized spacial score (nSPS) is 12.5. The minimum atomic E-state index is -3.61. The van der Waals surface area contributed by atoms with Gasteiger partial charge in [-0.05, 0) is 54.8 Å². The van der Waals surface area contributed by atoms with Crippen molar-refractivity contribution in [2.24, 2.45) is 0 Å². The summed E-state index contributed by atoms with van der Waals surface area (Å²) in [4.78, 5) is 22.7. The van der Waals surface area contributed by atoms with Gasteiger partial charge >= 0.3 is 0 Å². The smallest absolute Gasteiger partial charge is 0.264 e. The Balaban J connectivity index is 1.61. The lowest BCUT2D eigenvalue weighted by Crippen LogP contribution is -2.26. The highest BCUT2D eigenvalue weighted by molar-refractivity contribution is 7.92. The topological polar surface area (TPSA) is 147 Å². The maximum Gasteiger partial charge on any atom is 0.264 e. The van der Waals surface area contributed by atoms with Crippen LogP contribution in [0.4, 0.5) is 11.5 Å². The number of aromatic nitrogens is 5. The second-order valence-corrected chi connectivity index (χ2v) is 12.1. The molecule has 0 fully saturated rings. The van der Waals surface area contributed by atoms with Gasteiger partial charge < -0.3 is 10.5 Å². The molecular weight excluding hydrogens is 590 g/mol. The number of anilines is 2. The number of nitrogens with zero attached hydrogens (tertiary/aromatic N) is 5. The second kappa shape index (κ2) is 10.7. The Hall–Kier alpha value is -4.94. The van der Waals surface area contributed by atoms with Gasteiger partial charge in [0.25, 0.3) is 5.56 Å². The molecule has 11 nitrogen and oxygen atoms in total. The molecule has 0 spiro atoms. The number of halogens is 1. The van der Waals surface area contributed by atoms with Crippen molar-refractivity contribution in [2.45, 2.75) is 13.0 Å². The molecule has 43 heavy (non-hydrogen) atoms. The Morgan fingerprint density at radius 2 is 1.77 bits per heavy atom. The van der Waals surface area contributed by atoms with Gasteiger partial charge in [0.05, 0.1) is 46.6 Å². The maximum atomic E-state index is 14.0. The van der Waals surface area contributed by atoms with Crippen LogP contribution in [0.5, 0.6) is 5.75 Å². The number of rotatable bonds is 7. The molecule has 0 bridgehead atoms. The molecule has 13 heteroatoms. The molecule has 6 rings (SSSR count). The molecule has 0 aliphatic carbocycles. The number of nitrogens with one attached hydrogen (secondary N) is 1. The fraction of sp³-hybridized carbons (Fsp3) is 0.133. The van der Waals surface area contributed by atoms with Crippen LogP contribution in [0.1, 0.15) is 18.7 Å². The average Bonchev–Trinajstić information content (AvgIpc) is 3.37. The molecule has 3 N–H and O–H groups in total. The van der Waals surface area contributed by atoms with Crippen molar-refractivity contribution < 1.29 is 13.2 Å². The van der Waals surface area contributed by atoms with Crippen LogP contribution in [0.25, 0.3) is 38.8 Å². The van der Waals surface area contributed by atoms with Crippen LogP contribution in [0, 0.1) is 0 Å². The standard InChI is InChI=1S/C30H26ClN7O4S/c1-17(23-15-18-8-7-11-21(31)25(18)30(39)37(23)20-9-5-4-6-10-20)38-29-26(28(32)33-16-34-29)27(35-38)19-12-13-24(42-2)22(14-19)36-43(3,40)41/h4-17,36H,1-3H3,(H2,32,33,34). The Morgan fingerprint density at radius 3 is 2.49 bits per heavy atom. The van der Waals surface area contributed by atoms with Crippen LogP contribution in [-0.2, 0) is 10.0 Å². The van der Waals surface area contributed by atoms with E-state index in [-0.39, 0.29) is 17.1 Å². The highest BCUT2D eigenvalue weighted by atomic mass is 35.5. The first-order chi connectivity index (χ1) is 20.6. The van der Waals surface area contributed by atoms with Gasteiger partial charge in [0.1, 0.15) is 23.6 Å². The average molecular weight is 616 g/mol. The Bertz CT molecular complexity index is 2200. The summed E-state index contributed by atoms with van der Waals surface area (Å²) < 4.78 is 35.3. The molecule has 6 aromatic rings. The number of nitrogens with two attached hydrogens (primary N) is 1. The maximum absolute atomic E-state index is 14.0. The van der Waals surface area contributed by atoms with Crippen molar-refractivity contribution in [3.63, 3.8) is 0 Å². The van der Waals surface area contributed by atoms with Crippen LogP contribution >= 0.6 is 11.6 Å². The van der Waals surface area contributed by atoms with Crippen molar-refractivity contribution in [1.82, 2.24) is 24.3 Å². The van der Waals surface area contributed by atoms with E-state index in [0.29, 0.717) is 55.2 Å². The number of ether oxygens (including phenoxy) is 1. The molecule has 0 aliphatic rings. The number of sulfonamides is 1. The van der Waals surface area contributed by atoms with Gasteiger partial charge in [0, 0.05) is 11.3 Å². The van der Waals surface area contributed by atoms with E-state index in [2.05, 4.69) is 14.7 Å². The number of para-hydroxylation sites is 1. The summed E-state index contributed by atoms with van der Waals surface area (Å²) >= 11 is 6.50. The van der Waals surface area contributed by atoms with Crippen molar-refractivity contribution in [3.05, 3.63) is 100 Å². The molecule has 0 saturated carbocycles. The predicted molar refractivity (Wildman–Crippen MR) is 169 cm³/mol. The van der Waals surface area contributed by atoms with Crippen LogP contribution in [-0.4, -0.2) is 46.1 Å². The molecule has 3 aromatic heterocycles. The van der Waals surface area contributed by atoms with E-state index >= 15 is 0 Å². The highest BCUT2D eigenvalue weighted by Gasteiger charge is 2.25. The van der Waals surface area contributed by atoms with Crippen molar-refractivity contribution >= 4 is 54.9 Å². The summed E-state index contributed by atoms with van der Waals surface area (Å²) in [5.74, 6) is 0.523. The van der Waals surface area contributed by atoms with E-state index < -0.39 is 16.1 Å². The lowest BCUT2D eigenvalue weighted by atomic mass is 10.1. The molecule has 0 saturated heterocycles. The first-order valence-corrected chi connectivity index (χ1v) is 15.4. The fourth-order valence-corrected chi connectivity index (χ4v) is 6.04. The third-order valence-electron chi connectivity index (χ3n) is 7.12. The minimum Gasteiger partial charge on any atom is -0.495 e. The molecule has 0 radical (unpaired) electrons. The minimum absolute atomic E-state index is 0.192. The summed E-state index contributed by atoms with van der Waals surface area (Å²) in [7, 11) is -2.16. The Kier molecular flexibility index (Phi) is 7.03. The predicted octanol–water partition coefficient (Wildman–Crippen LogP) is 5.02. The molecule has 218 valence electrons. The van der Waals surface area contributed by atoms with Crippen molar-refractivity contribution in [1.29, 1.82) is 0 Å².